The topological polar surface area (TPSA) is 131 Å². The number of nitro groups is 1. The lowest BCUT2D eigenvalue weighted by Crippen LogP contribution is -2.24. The van der Waals surface area contributed by atoms with Crippen LogP contribution in [0.15, 0.2) is 30.6 Å². The van der Waals surface area contributed by atoms with Crippen LogP contribution >= 0.6 is 0 Å². The van der Waals surface area contributed by atoms with Crippen LogP contribution in [0.25, 0.3) is 11.2 Å². The Balaban J connectivity index is 2.06. The van der Waals surface area contributed by atoms with Gasteiger partial charge < -0.3 is 20.3 Å². The van der Waals surface area contributed by atoms with Gasteiger partial charge >= 0.3 is 0 Å². The molecule has 0 saturated carbocycles. The smallest absolute Gasteiger partial charge is 0.271 e. The number of anilines is 3. The number of hydrogen-bond acceptors (Lipinski definition) is 8. The number of rotatable bonds is 8. The van der Waals surface area contributed by atoms with Gasteiger partial charge in [-0.3, -0.25) is 10.1 Å². The van der Waals surface area contributed by atoms with Crippen molar-refractivity contribution < 1.29 is 10.0 Å². The summed E-state index contributed by atoms with van der Waals surface area (Å²) in [6, 6.07) is 6.13. The van der Waals surface area contributed by atoms with Crippen LogP contribution in [0, 0.1) is 10.1 Å². The fourth-order valence-corrected chi connectivity index (χ4v) is 2.74. The minimum absolute atomic E-state index is 0.0207. The van der Waals surface area contributed by atoms with Crippen molar-refractivity contribution in [2.75, 3.05) is 17.2 Å². The normalized spacial score (nSPS) is 12.3. The highest BCUT2D eigenvalue weighted by molar-refractivity contribution is 5.86. The number of nitrogens with one attached hydrogen (secondary N) is 2. The zero-order valence-electron chi connectivity index (χ0n) is 16.0. The van der Waals surface area contributed by atoms with E-state index in [2.05, 4.69) is 25.6 Å². The highest BCUT2D eigenvalue weighted by Gasteiger charge is 2.17. The number of aliphatic hydroxyl groups is 1. The summed E-state index contributed by atoms with van der Waals surface area (Å²) in [6.07, 6.45) is 2.39. The summed E-state index contributed by atoms with van der Waals surface area (Å²) in [4.78, 5) is 24.1. The van der Waals surface area contributed by atoms with Gasteiger partial charge in [-0.2, -0.15) is 9.97 Å². The molecule has 0 radical (unpaired) electrons. The maximum Gasteiger partial charge on any atom is 0.271 e. The summed E-state index contributed by atoms with van der Waals surface area (Å²) in [5.74, 6) is 0.781. The number of fused-ring (bicyclic) bond motifs is 1. The highest BCUT2D eigenvalue weighted by Crippen LogP contribution is 2.27. The molecule has 1 atom stereocenters. The molecule has 2 aromatic heterocycles. The fraction of sp³-hybridized carbons (Fsp3) is 0.389. The predicted molar refractivity (Wildman–Crippen MR) is 107 cm³/mol. The molecule has 0 aliphatic rings. The van der Waals surface area contributed by atoms with Gasteiger partial charge in [-0.25, -0.2) is 4.98 Å². The maximum absolute atomic E-state index is 11.0. The van der Waals surface area contributed by atoms with Crippen molar-refractivity contribution >= 4 is 34.3 Å². The van der Waals surface area contributed by atoms with Crippen LogP contribution in [0.4, 0.5) is 23.1 Å². The second-order valence-corrected chi connectivity index (χ2v) is 6.68. The summed E-state index contributed by atoms with van der Waals surface area (Å²) in [7, 11) is 0. The molecular formula is C18H23N7O3. The molecule has 10 heteroatoms. The third kappa shape index (κ3) is 4.01. The third-order valence-corrected chi connectivity index (χ3v) is 4.34. The molecule has 3 N–H and O–H groups in total. The van der Waals surface area contributed by atoms with Gasteiger partial charge in [0, 0.05) is 23.9 Å². The van der Waals surface area contributed by atoms with Crippen LogP contribution in [0.3, 0.4) is 0 Å². The van der Waals surface area contributed by atoms with Gasteiger partial charge in [-0.15, -0.1) is 0 Å². The molecule has 0 saturated heterocycles. The molecule has 0 spiro atoms. The van der Waals surface area contributed by atoms with Gasteiger partial charge in [0.25, 0.3) is 5.69 Å². The summed E-state index contributed by atoms with van der Waals surface area (Å²) >= 11 is 0. The number of aromatic nitrogens is 4. The zero-order chi connectivity index (χ0) is 20.3. The van der Waals surface area contributed by atoms with Crippen LogP contribution in [-0.4, -0.2) is 42.2 Å². The van der Waals surface area contributed by atoms with E-state index in [1.165, 1.54) is 12.1 Å². The summed E-state index contributed by atoms with van der Waals surface area (Å²) in [5, 5.41) is 26.7. The molecule has 148 valence electrons. The zero-order valence-corrected chi connectivity index (χ0v) is 16.0. The molecule has 0 unspecified atom stereocenters. The van der Waals surface area contributed by atoms with E-state index in [0.717, 1.165) is 0 Å². The first-order valence-electron chi connectivity index (χ1n) is 9.06. The average Bonchev–Trinajstić information content (AvgIpc) is 3.11. The van der Waals surface area contributed by atoms with E-state index in [4.69, 9.17) is 0 Å². The second kappa shape index (κ2) is 8.17. The Morgan fingerprint density at radius 2 is 2.11 bits per heavy atom. The van der Waals surface area contributed by atoms with Crippen LogP contribution < -0.4 is 10.6 Å². The van der Waals surface area contributed by atoms with Crippen molar-refractivity contribution in [1.29, 1.82) is 0 Å². The number of benzene rings is 1. The Bertz CT molecular complexity index is 982. The lowest BCUT2D eigenvalue weighted by Gasteiger charge is -2.16. The van der Waals surface area contributed by atoms with Crippen molar-refractivity contribution in [3.8, 4) is 0 Å². The number of nitrogens with zero attached hydrogens (tertiary/aromatic N) is 5. The Kier molecular flexibility index (Phi) is 5.69. The Labute approximate surface area is 161 Å². The van der Waals surface area contributed by atoms with Gasteiger partial charge in [0.05, 0.1) is 23.9 Å². The van der Waals surface area contributed by atoms with E-state index < -0.39 is 4.92 Å². The molecule has 0 bridgehead atoms. The van der Waals surface area contributed by atoms with Crippen molar-refractivity contribution in [1.82, 2.24) is 19.5 Å². The molecule has 0 aliphatic carbocycles. The van der Waals surface area contributed by atoms with E-state index in [1.54, 1.807) is 18.5 Å². The van der Waals surface area contributed by atoms with E-state index >= 15 is 0 Å². The lowest BCUT2D eigenvalue weighted by atomic mass is 10.2. The van der Waals surface area contributed by atoms with Crippen LogP contribution in [-0.2, 0) is 0 Å². The van der Waals surface area contributed by atoms with Gasteiger partial charge in [0.15, 0.2) is 17.0 Å². The lowest BCUT2D eigenvalue weighted by molar-refractivity contribution is -0.384. The standard InChI is InChI=1S/C18H23N7O3/c1-4-12(9-26)21-18-22-16(15-17(23-18)24(10-19-15)11(2)3)20-13-6-5-7-14(8-13)25(27)28/h5-8,10-12,26H,4,9H2,1-3H3,(H2,20,21,22,23)/t12-/m0/s1. The fourth-order valence-electron chi connectivity index (χ4n) is 2.74. The summed E-state index contributed by atoms with van der Waals surface area (Å²) in [5.41, 5.74) is 1.69. The Morgan fingerprint density at radius 3 is 2.75 bits per heavy atom. The highest BCUT2D eigenvalue weighted by atomic mass is 16.6. The van der Waals surface area contributed by atoms with Gasteiger partial charge in [0.2, 0.25) is 5.95 Å². The van der Waals surface area contributed by atoms with Crippen molar-refractivity contribution in [2.45, 2.75) is 39.3 Å². The number of hydrogen-bond donors (Lipinski definition) is 3. The summed E-state index contributed by atoms with van der Waals surface area (Å²) in [6.45, 7) is 5.95. The van der Waals surface area contributed by atoms with Crippen LogP contribution in [0.1, 0.15) is 33.2 Å². The maximum atomic E-state index is 11.0. The van der Waals surface area contributed by atoms with Gasteiger partial charge in [-0.05, 0) is 26.3 Å². The third-order valence-electron chi connectivity index (χ3n) is 4.34. The number of imidazole rings is 1. The predicted octanol–water partition coefficient (Wildman–Crippen LogP) is 3.24. The van der Waals surface area contributed by atoms with E-state index in [-0.39, 0.29) is 24.4 Å². The van der Waals surface area contributed by atoms with E-state index in [1.807, 2.05) is 25.3 Å². The first-order valence-corrected chi connectivity index (χ1v) is 9.06. The number of non-ortho nitro benzene ring substituents is 1. The van der Waals surface area contributed by atoms with Crippen molar-refractivity contribution in [2.24, 2.45) is 0 Å². The first kappa shape index (κ1) is 19.5. The van der Waals surface area contributed by atoms with Crippen molar-refractivity contribution in [3.63, 3.8) is 0 Å². The Morgan fingerprint density at radius 1 is 1.32 bits per heavy atom. The SMILES string of the molecule is CC[C@@H](CO)Nc1nc(Nc2cccc([N+](=O)[O-])c2)c2ncn(C(C)C)c2n1. The molecule has 3 aromatic rings. The molecule has 3 rings (SSSR count). The quantitative estimate of drug-likeness (QED) is 0.398. The molecule has 1 aromatic carbocycles. The van der Waals surface area contributed by atoms with Gasteiger partial charge in [0.1, 0.15) is 0 Å². The molecule has 10 nitrogen and oxygen atoms in total. The van der Waals surface area contributed by atoms with E-state index in [0.29, 0.717) is 35.0 Å². The molecule has 2 heterocycles. The van der Waals surface area contributed by atoms with Crippen LogP contribution in [0.5, 0.6) is 0 Å². The molecular weight excluding hydrogens is 362 g/mol. The molecule has 0 aliphatic heterocycles. The number of nitro benzene ring substituents is 1. The minimum atomic E-state index is -0.450. The Hall–Kier alpha value is -3.27. The molecule has 0 amide bonds. The summed E-state index contributed by atoms with van der Waals surface area (Å²) < 4.78 is 1.92. The van der Waals surface area contributed by atoms with Gasteiger partial charge in [-0.1, -0.05) is 13.0 Å². The van der Waals surface area contributed by atoms with Crippen molar-refractivity contribution in [3.05, 3.63) is 40.7 Å². The van der Waals surface area contributed by atoms with Crippen LogP contribution in [0.2, 0.25) is 0 Å². The average molecular weight is 385 g/mol. The largest absolute Gasteiger partial charge is 0.394 e. The molecule has 28 heavy (non-hydrogen) atoms. The minimum Gasteiger partial charge on any atom is -0.394 e. The molecule has 0 fully saturated rings. The first-order chi connectivity index (χ1) is 13.4. The van der Waals surface area contributed by atoms with E-state index in [9.17, 15) is 15.2 Å². The monoisotopic (exact) mass is 385 g/mol. The second-order valence-electron chi connectivity index (χ2n) is 6.68. The number of aliphatic hydroxyl groups excluding tert-OH is 1.